The fourth-order valence-electron chi connectivity index (χ4n) is 1.84. The van der Waals surface area contributed by atoms with E-state index < -0.39 is 17.8 Å². The van der Waals surface area contributed by atoms with Gasteiger partial charge in [-0.2, -0.15) is 14.6 Å². The molecule has 136 valence electrons. The quantitative estimate of drug-likeness (QED) is 0.653. The molecule has 0 unspecified atom stereocenters. The number of benzene rings is 1. The van der Waals surface area contributed by atoms with Gasteiger partial charge in [-0.15, -0.1) is 0 Å². The Balaban J connectivity index is 0.000000209. The van der Waals surface area contributed by atoms with E-state index in [-0.39, 0.29) is 22.2 Å². The minimum absolute atomic E-state index is 0.0281. The van der Waals surface area contributed by atoms with Crippen LogP contribution in [0.2, 0.25) is 5.02 Å². The van der Waals surface area contributed by atoms with Crippen LogP contribution in [0.25, 0.3) is 5.78 Å². The van der Waals surface area contributed by atoms with Crippen molar-refractivity contribution >= 4 is 29.3 Å². The monoisotopic (exact) mass is 381 g/mol. The van der Waals surface area contributed by atoms with Crippen LogP contribution < -0.4 is 5.73 Å². The maximum Gasteiger partial charge on any atom is 0.356 e. The van der Waals surface area contributed by atoms with Gasteiger partial charge in [-0.3, -0.25) is 0 Å². The molecule has 2 heterocycles. The number of ether oxygens (including phenoxy) is 1. The number of methoxy groups -OCH3 is 1. The van der Waals surface area contributed by atoms with E-state index in [4.69, 9.17) is 22.4 Å². The van der Waals surface area contributed by atoms with Gasteiger partial charge in [0.2, 0.25) is 0 Å². The molecule has 3 rings (SSSR count). The van der Waals surface area contributed by atoms with Gasteiger partial charge in [0.1, 0.15) is 12.1 Å². The average Bonchev–Trinajstić information content (AvgIpc) is 3.11. The molecule has 0 atom stereocenters. The maximum atomic E-state index is 12.5. The number of carbonyl (C=O) groups excluding carboxylic acids is 1. The van der Waals surface area contributed by atoms with E-state index >= 15 is 0 Å². The number of rotatable bonds is 3. The third-order valence-electron chi connectivity index (χ3n) is 3.09. The van der Waals surface area contributed by atoms with Gasteiger partial charge in [0, 0.05) is 12.6 Å². The van der Waals surface area contributed by atoms with Gasteiger partial charge < -0.3 is 15.6 Å². The van der Waals surface area contributed by atoms with Crippen LogP contribution in [0.3, 0.4) is 0 Å². The Labute approximate surface area is 151 Å². The molecule has 2 aromatic heterocycles. The van der Waals surface area contributed by atoms with E-state index in [1.807, 2.05) is 0 Å². The number of hydrogen-bond acceptors (Lipinski definition) is 7. The summed E-state index contributed by atoms with van der Waals surface area (Å²) >= 11 is 5.46. The summed E-state index contributed by atoms with van der Waals surface area (Å²) in [5.41, 5.74) is 5.80. The standard InChI is InChI=1S/C8H6N4O4.C7H7ClFN/c1-16-7(15)5-2-4(6(13)14)11-8-9-3-10-12(5)8;8-6-3-5(4-10)1-2-7(6)9/h2-3H,1H3,(H,13,14);1-3H,4,10H2. The lowest BCUT2D eigenvalue weighted by Gasteiger charge is -2.02. The van der Waals surface area contributed by atoms with E-state index in [0.717, 1.165) is 16.1 Å². The summed E-state index contributed by atoms with van der Waals surface area (Å²) < 4.78 is 18.1. The number of nitrogens with zero attached hydrogens (tertiary/aromatic N) is 4. The van der Waals surface area contributed by atoms with Crippen LogP contribution in [0.4, 0.5) is 4.39 Å². The van der Waals surface area contributed by atoms with Crippen LogP contribution in [0.1, 0.15) is 26.5 Å². The summed E-state index contributed by atoms with van der Waals surface area (Å²) in [6.07, 6.45) is 1.17. The Bertz CT molecular complexity index is 962. The fourth-order valence-corrected chi connectivity index (χ4v) is 2.04. The molecule has 0 radical (unpaired) electrons. The zero-order valence-corrected chi connectivity index (χ0v) is 14.1. The zero-order valence-electron chi connectivity index (χ0n) is 13.4. The van der Waals surface area contributed by atoms with Crippen molar-refractivity contribution in [1.29, 1.82) is 0 Å². The molecule has 0 aliphatic rings. The molecular weight excluding hydrogens is 369 g/mol. The van der Waals surface area contributed by atoms with Crippen LogP contribution in [-0.4, -0.2) is 43.7 Å². The Kier molecular flexibility index (Phi) is 6.15. The number of carboxylic acid groups (broad SMARTS) is 1. The number of carboxylic acids is 1. The minimum atomic E-state index is -1.25. The Morgan fingerprint density at radius 1 is 1.38 bits per heavy atom. The van der Waals surface area contributed by atoms with Crippen LogP contribution >= 0.6 is 11.6 Å². The first-order chi connectivity index (χ1) is 12.4. The predicted octanol–water partition coefficient (Wildman–Crippen LogP) is 1.55. The molecule has 0 bridgehead atoms. The molecule has 0 amide bonds. The highest BCUT2D eigenvalue weighted by Crippen LogP contribution is 2.15. The number of carbonyl (C=O) groups is 2. The molecule has 26 heavy (non-hydrogen) atoms. The van der Waals surface area contributed by atoms with Crippen LogP contribution in [0.15, 0.2) is 30.6 Å². The molecule has 11 heteroatoms. The molecule has 3 aromatic rings. The van der Waals surface area contributed by atoms with Crippen molar-refractivity contribution in [3.63, 3.8) is 0 Å². The lowest BCUT2D eigenvalue weighted by molar-refractivity contribution is 0.0590. The second-order valence-electron chi connectivity index (χ2n) is 4.75. The SMILES string of the molecule is COC(=O)c1cc(C(=O)O)nc2ncnn12.NCc1ccc(F)c(Cl)c1. The third-order valence-corrected chi connectivity index (χ3v) is 3.37. The smallest absolute Gasteiger partial charge is 0.356 e. The number of nitrogens with two attached hydrogens (primary N) is 1. The maximum absolute atomic E-state index is 12.5. The van der Waals surface area contributed by atoms with Crippen molar-refractivity contribution in [3.8, 4) is 0 Å². The van der Waals surface area contributed by atoms with Crippen molar-refractivity contribution in [3.05, 3.63) is 58.4 Å². The number of hydrogen-bond donors (Lipinski definition) is 2. The summed E-state index contributed by atoms with van der Waals surface area (Å²) in [5.74, 6) is -2.34. The first-order valence-corrected chi connectivity index (χ1v) is 7.41. The summed E-state index contributed by atoms with van der Waals surface area (Å²) in [5, 5.41) is 12.7. The number of aromatic nitrogens is 4. The number of aromatic carboxylic acids is 1. The second kappa shape index (κ2) is 8.32. The molecule has 9 nitrogen and oxygen atoms in total. The molecule has 0 saturated carbocycles. The van der Waals surface area contributed by atoms with Gasteiger partial charge in [-0.1, -0.05) is 17.7 Å². The Morgan fingerprint density at radius 2 is 2.12 bits per heavy atom. The largest absolute Gasteiger partial charge is 0.477 e. The summed E-state index contributed by atoms with van der Waals surface area (Å²) in [6, 6.07) is 5.53. The summed E-state index contributed by atoms with van der Waals surface area (Å²) in [7, 11) is 1.19. The van der Waals surface area contributed by atoms with Gasteiger partial charge in [-0.05, 0) is 17.7 Å². The molecule has 0 aliphatic carbocycles. The summed E-state index contributed by atoms with van der Waals surface area (Å²) in [4.78, 5) is 29.5. The van der Waals surface area contributed by atoms with Gasteiger partial charge >= 0.3 is 11.9 Å². The van der Waals surface area contributed by atoms with Crippen molar-refractivity contribution in [2.24, 2.45) is 5.73 Å². The van der Waals surface area contributed by atoms with E-state index in [1.165, 1.54) is 25.6 Å². The predicted molar refractivity (Wildman–Crippen MR) is 88.4 cm³/mol. The highest BCUT2D eigenvalue weighted by molar-refractivity contribution is 6.30. The number of esters is 1. The van der Waals surface area contributed by atoms with Crippen molar-refractivity contribution in [2.75, 3.05) is 7.11 Å². The first kappa shape index (κ1) is 19.2. The van der Waals surface area contributed by atoms with Gasteiger partial charge in [-0.25, -0.2) is 19.0 Å². The molecule has 0 fully saturated rings. The molecule has 0 saturated heterocycles. The minimum Gasteiger partial charge on any atom is -0.477 e. The topological polar surface area (TPSA) is 133 Å². The molecule has 0 spiro atoms. The Hall–Kier alpha value is -3.11. The molecule has 0 aliphatic heterocycles. The van der Waals surface area contributed by atoms with E-state index in [1.54, 1.807) is 6.07 Å². The average molecular weight is 382 g/mol. The summed E-state index contributed by atoms with van der Waals surface area (Å²) in [6.45, 7) is 0.389. The first-order valence-electron chi connectivity index (χ1n) is 7.03. The lowest BCUT2D eigenvalue weighted by Crippen LogP contribution is -2.13. The van der Waals surface area contributed by atoms with Crippen molar-refractivity contribution in [2.45, 2.75) is 6.54 Å². The third kappa shape index (κ3) is 4.29. The Morgan fingerprint density at radius 3 is 2.69 bits per heavy atom. The van der Waals surface area contributed by atoms with E-state index in [0.29, 0.717) is 6.54 Å². The normalized spacial score (nSPS) is 10.2. The molecule has 1 aromatic carbocycles. The zero-order chi connectivity index (χ0) is 19.3. The second-order valence-corrected chi connectivity index (χ2v) is 5.15. The highest BCUT2D eigenvalue weighted by Gasteiger charge is 2.17. The van der Waals surface area contributed by atoms with Crippen LogP contribution in [0.5, 0.6) is 0 Å². The lowest BCUT2D eigenvalue weighted by atomic mass is 10.2. The van der Waals surface area contributed by atoms with Gasteiger partial charge in [0.25, 0.3) is 5.78 Å². The molecule has 3 N–H and O–H groups in total. The number of fused-ring (bicyclic) bond motifs is 1. The van der Waals surface area contributed by atoms with Crippen LogP contribution in [-0.2, 0) is 11.3 Å². The van der Waals surface area contributed by atoms with Crippen molar-refractivity contribution < 1.29 is 23.8 Å². The van der Waals surface area contributed by atoms with Gasteiger partial charge in [0.15, 0.2) is 11.4 Å². The number of halogens is 2. The van der Waals surface area contributed by atoms with Gasteiger partial charge in [0.05, 0.1) is 12.1 Å². The highest BCUT2D eigenvalue weighted by atomic mass is 35.5. The fraction of sp³-hybridized carbons (Fsp3) is 0.133. The van der Waals surface area contributed by atoms with E-state index in [9.17, 15) is 14.0 Å². The van der Waals surface area contributed by atoms with Crippen LogP contribution in [0, 0.1) is 5.82 Å². The van der Waals surface area contributed by atoms with Crippen molar-refractivity contribution in [1.82, 2.24) is 19.6 Å². The molecular formula is C15H13ClFN5O4. The van der Waals surface area contributed by atoms with E-state index in [2.05, 4.69) is 19.8 Å².